The van der Waals surface area contributed by atoms with Crippen molar-refractivity contribution in [2.45, 2.75) is 70.8 Å². The predicted octanol–water partition coefficient (Wildman–Crippen LogP) is 4.85. The summed E-state index contributed by atoms with van der Waals surface area (Å²) < 4.78 is 5.15. The molecule has 0 bridgehead atoms. The number of carbonyl (C=O) groups excluding carboxylic acids is 1. The van der Waals surface area contributed by atoms with Crippen LogP contribution in [0.1, 0.15) is 78.2 Å². The first-order valence-electron chi connectivity index (χ1n) is 11.6. The number of benzene rings is 1. The molecule has 2 fully saturated rings. The summed E-state index contributed by atoms with van der Waals surface area (Å²) in [5, 5.41) is 7.11. The largest absolute Gasteiger partial charge is 0.361 e. The molecule has 5 nitrogen and oxygen atoms in total. The molecule has 0 spiro atoms. The average molecular weight is 410 g/mol. The van der Waals surface area contributed by atoms with E-state index in [0.717, 1.165) is 38.4 Å². The van der Waals surface area contributed by atoms with E-state index in [1.54, 1.807) is 6.92 Å². The zero-order valence-corrected chi connectivity index (χ0v) is 18.4. The molecule has 5 heteroatoms. The van der Waals surface area contributed by atoms with Gasteiger partial charge in [-0.15, -0.1) is 0 Å². The molecule has 2 aliphatic rings. The van der Waals surface area contributed by atoms with Crippen molar-refractivity contribution in [2.75, 3.05) is 19.6 Å². The third-order valence-electron chi connectivity index (χ3n) is 7.08. The minimum absolute atomic E-state index is 0.0472. The summed E-state index contributed by atoms with van der Waals surface area (Å²) >= 11 is 0. The zero-order chi connectivity index (χ0) is 20.9. The van der Waals surface area contributed by atoms with Gasteiger partial charge in [0.1, 0.15) is 11.3 Å². The number of aryl methyl sites for hydroxylation is 2. The molecule has 2 heterocycles. The Morgan fingerprint density at radius 3 is 2.43 bits per heavy atom. The van der Waals surface area contributed by atoms with Crippen LogP contribution >= 0.6 is 0 Å². The molecule has 0 radical (unpaired) electrons. The molecule has 1 saturated heterocycles. The van der Waals surface area contributed by atoms with Crippen molar-refractivity contribution in [3.05, 3.63) is 52.9 Å². The maximum Gasteiger partial charge on any atom is 0.257 e. The lowest BCUT2D eigenvalue weighted by Gasteiger charge is -2.38. The van der Waals surface area contributed by atoms with E-state index >= 15 is 0 Å². The van der Waals surface area contributed by atoms with Gasteiger partial charge >= 0.3 is 0 Å². The van der Waals surface area contributed by atoms with Crippen LogP contribution in [0.3, 0.4) is 0 Å². The van der Waals surface area contributed by atoms with Crippen molar-refractivity contribution in [1.29, 1.82) is 0 Å². The lowest BCUT2D eigenvalue weighted by Crippen LogP contribution is -2.46. The van der Waals surface area contributed by atoms with Crippen molar-refractivity contribution in [1.82, 2.24) is 15.4 Å². The Kier molecular flexibility index (Phi) is 6.88. The van der Waals surface area contributed by atoms with E-state index in [2.05, 4.69) is 45.7 Å². The molecular weight excluding hydrogens is 374 g/mol. The second-order valence-electron chi connectivity index (χ2n) is 9.16. The zero-order valence-electron chi connectivity index (χ0n) is 18.4. The summed E-state index contributed by atoms with van der Waals surface area (Å²) in [7, 11) is 0. The molecule has 1 aromatic heterocycles. The molecule has 4 rings (SSSR count). The van der Waals surface area contributed by atoms with Gasteiger partial charge in [0.25, 0.3) is 5.91 Å². The normalized spacial score (nSPS) is 20.2. The van der Waals surface area contributed by atoms with Crippen LogP contribution in [0, 0.1) is 19.8 Å². The molecule has 162 valence electrons. The average Bonchev–Trinajstić information content (AvgIpc) is 3.12. The monoisotopic (exact) mass is 409 g/mol. The van der Waals surface area contributed by atoms with Crippen molar-refractivity contribution in [2.24, 2.45) is 5.92 Å². The Morgan fingerprint density at radius 2 is 1.80 bits per heavy atom. The van der Waals surface area contributed by atoms with E-state index in [1.807, 2.05) is 6.92 Å². The van der Waals surface area contributed by atoms with E-state index in [9.17, 15) is 4.79 Å². The highest BCUT2D eigenvalue weighted by molar-refractivity contribution is 5.96. The van der Waals surface area contributed by atoms with Crippen LogP contribution in [0.15, 0.2) is 34.9 Å². The summed E-state index contributed by atoms with van der Waals surface area (Å²) in [6.45, 7) is 6.85. The van der Waals surface area contributed by atoms with Crippen LogP contribution in [0.5, 0.6) is 0 Å². The molecule has 1 aromatic carbocycles. The van der Waals surface area contributed by atoms with E-state index in [-0.39, 0.29) is 11.9 Å². The molecular formula is C25H35N3O2. The molecule has 0 unspecified atom stereocenters. The van der Waals surface area contributed by atoms with Gasteiger partial charge in [-0.1, -0.05) is 54.8 Å². The first-order chi connectivity index (χ1) is 14.6. The van der Waals surface area contributed by atoms with Gasteiger partial charge in [-0.3, -0.25) is 4.79 Å². The highest BCUT2D eigenvalue weighted by Crippen LogP contribution is 2.37. The standard InChI is InChI=1S/C25H35N3O2/c1-18-24(19(2)30-27-18)25(29)26-22-13-15-28(16-14-22)17-23(20-9-5-3-6-10-20)21-11-7-4-8-12-21/h3,5-6,9-10,21-23H,4,7-8,11-17H2,1-2H3,(H,26,29)/t23-/m0/s1. The maximum atomic E-state index is 12.6. The van der Waals surface area contributed by atoms with Gasteiger partial charge in [-0.25, -0.2) is 0 Å². The predicted molar refractivity (Wildman–Crippen MR) is 119 cm³/mol. The highest BCUT2D eigenvalue weighted by Gasteiger charge is 2.29. The minimum Gasteiger partial charge on any atom is -0.361 e. The highest BCUT2D eigenvalue weighted by atomic mass is 16.5. The van der Waals surface area contributed by atoms with Gasteiger partial charge in [-0.2, -0.15) is 0 Å². The number of likely N-dealkylation sites (tertiary alicyclic amines) is 1. The quantitative estimate of drug-likeness (QED) is 0.741. The van der Waals surface area contributed by atoms with Gasteiger partial charge in [0.2, 0.25) is 0 Å². The Morgan fingerprint density at radius 1 is 1.10 bits per heavy atom. The number of hydrogen-bond acceptors (Lipinski definition) is 4. The molecule has 1 aliphatic carbocycles. The lowest BCUT2D eigenvalue weighted by molar-refractivity contribution is 0.0902. The van der Waals surface area contributed by atoms with Crippen LogP contribution in [0.4, 0.5) is 0 Å². The summed E-state index contributed by atoms with van der Waals surface area (Å²) in [4.78, 5) is 15.3. The third-order valence-corrected chi connectivity index (χ3v) is 7.08. The third kappa shape index (κ3) is 4.94. The number of nitrogens with zero attached hydrogens (tertiary/aromatic N) is 2. The number of rotatable bonds is 6. The summed E-state index contributed by atoms with van der Waals surface area (Å²) in [6.07, 6.45) is 8.89. The Bertz CT molecular complexity index is 799. The number of hydrogen-bond donors (Lipinski definition) is 1. The van der Waals surface area contributed by atoms with Crippen molar-refractivity contribution in [3.8, 4) is 0 Å². The molecule has 2 aromatic rings. The van der Waals surface area contributed by atoms with E-state index in [0.29, 0.717) is 22.9 Å². The SMILES string of the molecule is Cc1noc(C)c1C(=O)NC1CCN(C[C@@H](c2ccccc2)C2CCCCC2)CC1. The van der Waals surface area contributed by atoms with Crippen molar-refractivity contribution in [3.63, 3.8) is 0 Å². The van der Waals surface area contributed by atoms with E-state index in [1.165, 1.54) is 37.7 Å². The molecule has 1 amide bonds. The fourth-order valence-electron chi connectivity index (χ4n) is 5.37. The summed E-state index contributed by atoms with van der Waals surface area (Å²) in [6, 6.07) is 11.3. The van der Waals surface area contributed by atoms with Crippen LogP contribution in [-0.2, 0) is 0 Å². The van der Waals surface area contributed by atoms with Crippen LogP contribution < -0.4 is 5.32 Å². The number of carbonyl (C=O) groups is 1. The number of aromatic nitrogens is 1. The second kappa shape index (κ2) is 9.78. The smallest absolute Gasteiger partial charge is 0.257 e. The summed E-state index contributed by atoms with van der Waals surface area (Å²) in [5.41, 5.74) is 2.76. The van der Waals surface area contributed by atoms with Gasteiger partial charge in [0.15, 0.2) is 0 Å². The lowest BCUT2D eigenvalue weighted by atomic mass is 9.76. The topological polar surface area (TPSA) is 58.4 Å². The first kappa shape index (κ1) is 21.1. The number of piperidine rings is 1. The molecule has 1 N–H and O–H groups in total. The van der Waals surface area contributed by atoms with E-state index in [4.69, 9.17) is 4.52 Å². The fraction of sp³-hybridized carbons (Fsp3) is 0.600. The van der Waals surface area contributed by atoms with Gasteiger partial charge < -0.3 is 14.7 Å². The number of nitrogens with one attached hydrogen (secondary N) is 1. The summed E-state index contributed by atoms with van der Waals surface area (Å²) in [5.74, 6) is 1.98. The Hall–Kier alpha value is -2.14. The van der Waals surface area contributed by atoms with Gasteiger partial charge in [0, 0.05) is 25.7 Å². The minimum atomic E-state index is -0.0472. The van der Waals surface area contributed by atoms with E-state index < -0.39 is 0 Å². The number of amides is 1. The fourth-order valence-corrected chi connectivity index (χ4v) is 5.37. The Balaban J connectivity index is 1.34. The molecule has 1 atom stereocenters. The van der Waals surface area contributed by atoms with Crippen LogP contribution in [-0.4, -0.2) is 41.6 Å². The maximum absolute atomic E-state index is 12.6. The van der Waals surface area contributed by atoms with Gasteiger partial charge in [-0.05, 0) is 56.9 Å². The van der Waals surface area contributed by atoms with Crippen LogP contribution in [0.2, 0.25) is 0 Å². The molecule has 1 aliphatic heterocycles. The molecule has 30 heavy (non-hydrogen) atoms. The van der Waals surface area contributed by atoms with Crippen molar-refractivity contribution >= 4 is 5.91 Å². The first-order valence-corrected chi connectivity index (χ1v) is 11.6. The van der Waals surface area contributed by atoms with Crippen LogP contribution in [0.25, 0.3) is 0 Å². The van der Waals surface area contributed by atoms with Crippen molar-refractivity contribution < 1.29 is 9.32 Å². The second-order valence-corrected chi connectivity index (χ2v) is 9.16. The van der Waals surface area contributed by atoms with Gasteiger partial charge in [0.05, 0.1) is 5.69 Å². The molecule has 1 saturated carbocycles. The Labute approximate surface area is 180 Å².